The van der Waals surface area contributed by atoms with E-state index in [1.54, 1.807) is 6.26 Å². The Bertz CT molecular complexity index is 700. The molecule has 1 fully saturated rings. The number of fused-ring (bicyclic) bond motifs is 1. The maximum atomic E-state index is 12.6. The number of carbonyl (C=O) groups is 1. The second-order valence-electron chi connectivity index (χ2n) is 7.96. The summed E-state index contributed by atoms with van der Waals surface area (Å²) < 4.78 is 5.65. The van der Waals surface area contributed by atoms with E-state index in [1.807, 2.05) is 11.0 Å². The molecule has 124 valence electrons. The lowest BCUT2D eigenvalue weighted by Crippen LogP contribution is -2.38. The van der Waals surface area contributed by atoms with Crippen molar-refractivity contribution >= 4 is 16.9 Å². The number of likely N-dealkylation sites (tertiary alicyclic amines) is 1. The molecule has 1 aromatic carbocycles. The number of benzene rings is 1. The third-order valence-corrected chi connectivity index (χ3v) is 5.00. The van der Waals surface area contributed by atoms with Crippen molar-refractivity contribution in [3.8, 4) is 0 Å². The molecule has 3 nitrogen and oxygen atoms in total. The summed E-state index contributed by atoms with van der Waals surface area (Å²) in [7, 11) is 0. The Balaban J connectivity index is 1.81. The summed E-state index contributed by atoms with van der Waals surface area (Å²) in [5.74, 6) is 0.962. The van der Waals surface area contributed by atoms with Gasteiger partial charge in [0.15, 0.2) is 0 Å². The van der Waals surface area contributed by atoms with E-state index in [0.29, 0.717) is 6.42 Å². The third kappa shape index (κ3) is 3.44. The third-order valence-electron chi connectivity index (χ3n) is 5.00. The Morgan fingerprint density at radius 1 is 1.26 bits per heavy atom. The number of hydrogen-bond donors (Lipinski definition) is 0. The van der Waals surface area contributed by atoms with Crippen LogP contribution in [0.3, 0.4) is 0 Å². The molecule has 1 amide bonds. The van der Waals surface area contributed by atoms with Crippen molar-refractivity contribution in [2.24, 2.45) is 5.92 Å². The quantitative estimate of drug-likeness (QED) is 0.816. The number of piperidine rings is 1. The van der Waals surface area contributed by atoms with Gasteiger partial charge >= 0.3 is 0 Å². The molecule has 1 aromatic heterocycles. The van der Waals surface area contributed by atoms with Crippen LogP contribution in [-0.2, 0) is 16.6 Å². The molecule has 0 saturated carbocycles. The van der Waals surface area contributed by atoms with Crippen LogP contribution in [0.5, 0.6) is 0 Å². The van der Waals surface area contributed by atoms with Gasteiger partial charge in [0.05, 0.1) is 12.7 Å². The van der Waals surface area contributed by atoms with E-state index in [1.165, 1.54) is 5.56 Å². The van der Waals surface area contributed by atoms with Gasteiger partial charge in [0.1, 0.15) is 5.58 Å². The van der Waals surface area contributed by atoms with E-state index < -0.39 is 0 Å². The van der Waals surface area contributed by atoms with Gasteiger partial charge in [-0.1, -0.05) is 33.8 Å². The summed E-state index contributed by atoms with van der Waals surface area (Å²) in [6.07, 6.45) is 4.43. The predicted molar refractivity (Wildman–Crippen MR) is 93.6 cm³/mol. The summed E-state index contributed by atoms with van der Waals surface area (Å²) in [5.41, 5.74) is 3.24. The fourth-order valence-electron chi connectivity index (χ4n) is 3.22. The van der Waals surface area contributed by atoms with Crippen molar-refractivity contribution in [3.63, 3.8) is 0 Å². The lowest BCUT2D eigenvalue weighted by molar-refractivity contribution is -0.131. The zero-order valence-electron chi connectivity index (χ0n) is 14.7. The van der Waals surface area contributed by atoms with Gasteiger partial charge in [-0.3, -0.25) is 4.79 Å². The number of amides is 1. The average molecular weight is 313 g/mol. The Labute approximate surface area is 138 Å². The van der Waals surface area contributed by atoms with Crippen molar-refractivity contribution in [2.45, 2.75) is 52.4 Å². The monoisotopic (exact) mass is 313 g/mol. The highest BCUT2D eigenvalue weighted by atomic mass is 16.3. The van der Waals surface area contributed by atoms with Crippen molar-refractivity contribution in [3.05, 3.63) is 35.6 Å². The highest BCUT2D eigenvalue weighted by Gasteiger charge is 2.22. The molecule has 1 aliphatic rings. The number of carbonyl (C=O) groups excluding carboxylic acids is 1. The van der Waals surface area contributed by atoms with Crippen molar-refractivity contribution in [2.75, 3.05) is 13.1 Å². The van der Waals surface area contributed by atoms with E-state index in [-0.39, 0.29) is 11.3 Å². The molecule has 3 heteroatoms. The summed E-state index contributed by atoms with van der Waals surface area (Å²) in [6.45, 7) is 10.7. The molecule has 1 saturated heterocycles. The van der Waals surface area contributed by atoms with Gasteiger partial charge in [-0.2, -0.15) is 0 Å². The largest absolute Gasteiger partial charge is 0.464 e. The van der Waals surface area contributed by atoms with Gasteiger partial charge in [-0.05, 0) is 41.9 Å². The Morgan fingerprint density at radius 3 is 2.61 bits per heavy atom. The SMILES string of the molecule is CC1CCN(C(=O)Cc2coc3ccc(C(C)(C)C)cc23)CC1. The molecular formula is C20H27NO2. The van der Waals surface area contributed by atoms with E-state index in [0.717, 1.165) is 48.4 Å². The molecule has 1 aliphatic heterocycles. The lowest BCUT2D eigenvalue weighted by Gasteiger charge is -2.30. The van der Waals surface area contributed by atoms with Crippen LogP contribution >= 0.6 is 0 Å². The minimum Gasteiger partial charge on any atom is -0.464 e. The van der Waals surface area contributed by atoms with Gasteiger partial charge in [-0.25, -0.2) is 0 Å². The van der Waals surface area contributed by atoms with Gasteiger partial charge in [0.2, 0.25) is 5.91 Å². The lowest BCUT2D eigenvalue weighted by atomic mass is 9.86. The Hall–Kier alpha value is -1.77. The van der Waals surface area contributed by atoms with E-state index in [9.17, 15) is 4.79 Å². The van der Waals surface area contributed by atoms with Crippen LogP contribution in [0.15, 0.2) is 28.9 Å². The van der Waals surface area contributed by atoms with Gasteiger partial charge < -0.3 is 9.32 Å². The molecule has 0 N–H and O–H groups in total. The molecule has 0 bridgehead atoms. The fourth-order valence-corrected chi connectivity index (χ4v) is 3.22. The number of nitrogens with zero attached hydrogens (tertiary/aromatic N) is 1. The fraction of sp³-hybridized carbons (Fsp3) is 0.550. The molecule has 2 heterocycles. The second-order valence-corrected chi connectivity index (χ2v) is 7.96. The van der Waals surface area contributed by atoms with Crippen LogP contribution in [0.2, 0.25) is 0 Å². The highest BCUT2D eigenvalue weighted by Crippen LogP contribution is 2.29. The number of rotatable bonds is 2. The molecule has 0 aliphatic carbocycles. The minimum absolute atomic E-state index is 0.0930. The van der Waals surface area contributed by atoms with E-state index in [2.05, 4.69) is 39.8 Å². The van der Waals surface area contributed by atoms with Crippen LogP contribution in [0.1, 0.15) is 51.7 Å². The molecule has 0 unspecified atom stereocenters. The molecular weight excluding hydrogens is 286 g/mol. The summed E-state index contributed by atoms with van der Waals surface area (Å²) >= 11 is 0. The first-order chi connectivity index (χ1) is 10.8. The van der Waals surface area contributed by atoms with Gasteiger partial charge in [0, 0.05) is 24.0 Å². The van der Waals surface area contributed by atoms with E-state index in [4.69, 9.17) is 4.42 Å². The van der Waals surface area contributed by atoms with Crippen LogP contribution in [-0.4, -0.2) is 23.9 Å². The summed E-state index contributed by atoms with van der Waals surface area (Å²) in [4.78, 5) is 14.6. The Morgan fingerprint density at radius 2 is 1.96 bits per heavy atom. The average Bonchev–Trinajstić information content (AvgIpc) is 2.89. The van der Waals surface area contributed by atoms with Crippen LogP contribution in [0.4, 0.5) is 0 Å². The predicted octanol–water partition coefficient (Wildman–Crippen LogP) is 4.53. The van der Waals surface area contributed by atoms with Crippen LogP contribution in [0, 0.1) is 5.92 Å². The van der Waals surface area contributed by atoms with E-state index >= 15 is 0 Å². The standard InChI is InChI=1S/C20H27NO2/c1-14-7-9-21(10-8-14)19(22)11-15-13-23-18-6-5-16(12-17(15)18)20(2,3)4/h5-6,12-14H,7-11H2,1-4H3. The van der Waals surface area contributed by atoms with Crippen molar-refractivity contribution in [1.29, 1.82) is 0 Å². The van der Waals surface area contributed by atoms with Crippen molar-refractivity contribution < 1.29 is 9.21 Å². The first-order valence-electron chi connectivity index (χ1n) is 8.63. The second kappa shape index (κ2) is 6.03. The maximum absolute atomic E-state index is 12.6. The molecule has 0 spiro atoms. The first kappa shape index (κ1) is 16.1. The Kier molecular flexibility index (Phi) is 4.22. The molecule has 23 heavy (non-hydrogen) atoms. The van der Waals surface area contributed by atoms with Crippen LogP contribution in [0.25, 0.3) is 11.0 Å². The maximum Gasteiger partial charge on any atom is 0.227 e. The normalized spacial score (nSPS) is 17.0. The minimum atomic E-state index is 0.0930. The van der Waals surface area contributed by atoms with Gasteiger partial charge in [0.25, 0.3) is 0 Å². The topological polar surface area (TPSA) is 33.5 Å². The van der Waals surface area contributed by atoms with Crippen molar-refractivity contribution in [1.82, 2.24) is 4.90 Å². The summed E-state index contributed by atoms with van der Waals surface area (Å²) in [5, 5.41) is 1.08. The zero-order valence-corrected chi connectivity index (χ0v) is 14.7. The van der Waals surface area contributed by atoms with Crippen LogP contribution < -0.4 is 0 Å². The number of furan rings is 1. The molecule has 0 radical (unpaired) electrons. The molecule has 2 aromatic rings. The smallest absolute Gasteiger partial charge is 0.227 e. The zero-order chi connectivity index (χ0) is 16.6. The first-order valence-corrected chi connectivity index (χ1v) is 8.63. The number of hydrogen-bond acceptors (Lipinski definition) is 2. The van der Waals surface area contributed by atoms with Gasteiger partial charge in [-0.15, -0.1) is 0 Å². The molecule has 0 atom stereocenters. The highest BCUT2D eigenvalue weighted by molar-refractivity contribution is 5.88. The summed E-state index contributed by atoms with van der Waals surface area (Å²) in [6, 6.07) is 6.32. The molecule has 3 rings (SSSR count).